The quantitative estimate of drug-likeness (QED) is 0.236. The highest BCUT2D eigenvalue weighted by molar-refractivity contribution is 7.99. The molecule has 0 bridgehead atoms. The van der Waals surface area contributed by atoms with E-state index < -0.39 is 73.8 Å². The molecule has 2 aliphatic rings. The monoisotopic (exact) mass is 448 g/mol. The smallest absolute Gasteiger partial charge is 0.187 e. The van der Waals surface area contributed by atoms with E-state index in [4.69, 9.17) is 14.2 Å². The molecule has 3 rings (SSSR count). The van der Waals surface area contributed by atoms with Gasteiger partial charge >= 0.3 is 0 Å². The second kappa shape index (κ2) is 10.7. The fraction of sp³-hybridized carbons (Fsp3) is 0.684. The number of ether oxygens (including phenoxy) is 3. The molecule has 0 saturated carbocycles. The van der Waals surface area contributed by atoms with Crippen LogP contribution in [-0.2, 0) is 20.0 Å². The molecule has 2 aliphatic heterocycles. The van der Waals surface area contributed by atoms with Gasteiger partial charge in [0, 0.05) is 5.75 Å². The van der Waals surface area contributed by atoms with Crippen molar-refractivity contribution in [1.82, 2.24) is 0 Å². The van der Waals surface area contributed by atoms with Gasteiger partial charge in [0.25, 0.3) is 0 Å². The van der Waals surface area contributed by atoms with Crippen LogP contribution >= 0.6 is 11.8 Å². The molecule has 10 nitrogen and oxygen atoms in total. The first-order valence-corrected chi connectivity index (χ1v) is 10.7. The highest BCUT2D eigenvalue weighted by atomic mass is 32.2. The first-order valence-electron chi connectivity index (χ1n) is 9.61. The molecule has 0 radical (unpaired) electrons. The van der Waals surface area contributed by atoms with Crippen molar-refractivity contribution >= 4 is 11.8 Å². The van der Waals surface area contributed by atoms with Gasteiger partial charge in [-0.25, -0.2) is 0 Å². The van der Waals surface area contributed by atoms with Crippen LogP contribution < -0.4 is 0 Å². The van der Waals surface area contributed by atoms with Crippen LogP contribution in [-0.4, -0.2) is 110 Å². The fourth-order valence-corrected chi connectivity index (χ4v) is 4.57. The standard InChI is InChI=1S/C19H28O10S/c20-6-10-12(22)13(23)15(25)18(27-10)29-17-11(7-21)28-19(16(26)14(17)24)30-8-9-4-2-1-3-5-9/h1-5,10-26H,6-8H2/t10-,11-,12+,13+,14-,15-,16-,17+,18-,19+/m1/s1. The molecule has 2 heterocycles. The Labute approximate surface area is 177 Å². The Balaban J connectivity index is 1.66. The molecule has 0 amide bonds. The van der Waals surface area contributed by atoms with Crippen LogP contribution in [0.5, 0.6) is 0 Å². The topological polar surface area (TPSA) is 169 Å². The molecule has 170 valence electrons. The normalized spacial score (nSPS) is 42.2. The van der Waals surface area contributed by atoms with Gasteiger partial charge in [0.05, 0.1) is 13.2 Å². The minimum atomic E-state index is -1.68. The van der Waals surface area contributed by atoms with Gasteiger partial charge < -0.3 is 50.0 Å². The van der Waals surface area contributed by atoms with Gasteiger partial charge in [-0.2, -0.15) is 0 Å². The van der Waals surface area contributed by atoms with Gasteiger partial charge in [-0.1, -0.05) is 30.3 Å². The molecule has 0 spiro atoms. The predicted octanol–water partition coefficient (Wildman–Crippen LogP) is -2.46. The molecule has 2 saturated heterocycles. The number of hydrogen-bond acceptors (Lipinski definition) is 11. The van der Waals surface area contributed by atoms with Crippen molar-refractivity contribution in [3.63, 3.8) is 0 Å². The van der Waals surface area contributed by atoms with Gasteiger partial charge in [-0.05, 0) is 5.56 Å². The Morgan fingerprint density at radius 1 is 0.767 bits per heavy atom. The average Bonchev–Trinajstić information content (AvgIpc) is 2.77. The fourth-order valence-electron chi connectivity index (χ4n) is 3.45. The van der Waals surface area contributed by atoms with Gasteiger partial charge in [0.1, 0.15) is 54.3 Å². The zero-order chi connectivity index (χ0) is 21.8. The predicted molar refractivity (Wildman–Crippen MR) is 104 cm³/mol. The van der Waals surface area contributed by atoms with E-state index in [-0.39, 0.29) is 0 Å². The molecule has 0 aromatic heterocycles. The second-order valence-corrected chi connectivity index (χ2v) is 8.39. The highest BCUT2D eigenvalue weighted by Crippen LogP contribution is 2.33. The Kier molecular flexibility index (Phi) is 8.46. The van der Waals surface area contributed by atoms with Crippen molar-refractivity contribution in [2.24, 2.45) is 0 Å². The van der Waals surface area contributed by atoms with E-state index >= 15 is 0 Å². The summed E-state index contributed by atoms with van der Waals surface area (Å²) in [6.07, 6.45) is -12.8. The molecule has 2 fully saturated rings. The molecule has 1 aromatic carbocycles. The van der Waals surface area contributed by atoms with Crippen LogP contribution in [0.25, 0.3) is 0 Å². The lowest BCUT2D eigenvalue weighted by atomic mass is 9.97. The second-order valence-electron chi connectivity index (χ2n) is 7.30. The minimum Gasteiger partial charge on any atom is -0.394 e. The van der Waals surface area contributed by atoms with Crippen LogP contribution in [0.4, 0.5) is 0 Å². The molecule has 7 N–H and O–H groups in total. The van der Waals surface area contributed by atoms with Crippen LogP contribution in [0.2, 0.25) is 0 Å². The molecule has 0 unspecified atom stereocenters. The van der Waals surface area contributed by atoms with Crippen LogP contribution in [0.3, 0.4) is 0 Å². The van der Waals surface area contributed by atoms with Crippen molar-refractivity contribution in [3.05, 3.63) is 35.9 Å². The van der Waals surface area contributed by atoms with E-state index in [1.165, 1.54) is 11.8 Å². The molecular formula is C19H28O10S. The lowest BCUT2D eigenvalue weighted by molar-refractivity contribution is -0.338. The van der Waals surface area contributed by atoms with Crippen molar-refractivity contribution in [3.8, 4) is 0 Å². The van der Waals surface area contributed by atoms with Gasteiger partial charge in [0.2, 0.25) is 0 Å². The SMILES string of the molecule is OC[C@H]1O[C@H](O[C@@H]2[C@H](O)[C@@H](O)[C@H](SCc3ccccc3)O[C@@H]2CO)[C@H](O)[C@@H](O)[C@H]1O. The Morgan fingerprint density at radius 3 is 2.07 bits per heavy atom. The van der Waals surface area contributed by atoms with Crippen molar-refractivity contribution in [1.29, 1.82) is 0 Å². The third-order valence-corrected chi connectivity index (χ3v) is 6.44. The summed E-state index contributed by atoms with van der Waals surface area (Å²) in [6, 6.07) is 9.46. The number of rotatable bonds is 7. The highest BCUT2D eigenvalue weighted by Gasteiger charge is 2.50. The Bertz CT molecular complexity index is 647. The van der Waals surface area contributed by atoms with E-state index in [1.54, 1.807) is 0 Å². The first kappa shape index (κ1) is 23.8. The Morgan fingerprint density at radius 2 is 1.43 bits per heavy atom. The summed E-state index contributed by atoms with van der Waals surface area (Å²) in [5.74, 6) is 0.506. The largest absolute Gasteiger partial charge is 0.394 e. The molecular weight excluding hydrogens is 420 g/mol. The maximum Gasteiger partial charge on any atom is 0.187 e. The van der Waals surface area contributed by atoms with Gasteiger partial charge in [0.15, 0.2) is 6.29 Å². The van der Waals surface area contributed by atoms with Crippen molar-refractivity contribution in [2.45, 2.75) is 66.3 Å². The molecule has 0 aliphatic carbocycles. The van der Waals surface area contributed by atoms with Crippen molar-refractivity contribution in [2.75, 3.05) is 13.2 Å². The summed E-state index contributed by atoms with van der Waals surface area (Å²) in [4.78, 5) is 0. The number of aliphatic hydroxyl groups is 7. The van der Waals surface area contributed by atoms with Crippen LogP contribution in [0, 0.1) is 0 Å². The first-order chi connectivity index (χ1) is 14.4. The summed E-state index contributed by atoms with van der Waals surface area (Å²) in [6.45, 7) is -1.19. The number of aliphatic hydroxyl groups excluding tert-OH is 7. The summed E-state index contributed by atoms with van der Waals surface area (Å²) < 4.78 is 16.5. The third-order valence-electron chi connectivity index (χ3n) is 5.22. The summed E-state index contributed by atoms with van der Waals surface area (Å²) in [5.41, 5.74) is 0.153. The number of hydrogen-bond donors (Lipinski definition) is 7. The lowest BCUT2D eigenvalue weighted by Gasteiger charge is -2.46. The molecule has 30 heavy (non-hydrogen) atoms. The maximum atomic E-state index is 10.6. The summed E-state index contributed by atoms with van der Waals surface area (Å²) >= 11 is 1.25. The van der Waals surface area contributed by atoms with E-state index in [0.29, 0.717) is 5.75 Å². The average molecular weight is 448 g/mol. The Hall–Kier alpha value is -0.830. The van der Waals surface area contributed by atoms with E-state index in [2.05, 4.69) is 0 Å². The van der Waals surface area contributed by atoms with Crippen LogP contribution in [0.1, 0.15) is 5.56 Å². The maximum absolute atomic E-state index is 10.6. The minimum absolute atomic E-state index is 0.506. The van der Waals surface area contributed by atoms with E-state index in [0.717, 1.165) is 5.56 Å². The van der Waals surface area contributed by atoms with Crippen LogP contribution in [0.15, 0.2) is 30.3 Å². The van der Waals surface area contributed by atoms with Gasteiger partial charge in [-0.15, -0.1) is 11.8 Å². The zero-order valence-electron chi connectivity index (χ0n) is 16.0. The zero-order valence-corrected chi connectivity index (χ0v) is 16.9. The van der Waals surface area contributed by atoms with Gasteiger partial charge in [-0.3, -0.25) is 0 Å². The molecule has 10 atom stereocenters. The molecule has 1 aromatic rings. The summed E-state index contributed by atoms with van der Waals surface area (Å²) in [7, 11) is 0. The molecule has 11 heteroatoms. The van der Waals surface area contributed by atoms with Crippen molar-refractivity contribution < 1.29 is 50.0 Å². The number of thioether (sulfide) groups is 1. The lowest BCUT2D eigenvalue weighted by Crippen LogP contribution is -2.64. The van der Waals surface area contributed by atoms with E-state index in [9.17, 15) is 35.7 Å². The summed E-state index contributed by atoms with van der Waals surface area (Å²) in [5, 5.41) is 70.0. The third kappa shape index (κ3) is 5.14. The number of benzene rings is 1. The van der Waals surface area contributed by atoms with E-state index in [1.807, 2.05) is 30.3 Å².